The highest BCUT2D eigenvalue weighted by Gasteiger charge is 2.32. The molecule has 0 saturated carbocycles. The van der Waals surface area contributed by atoms with Gasteiger partial charge in [-0.1, -0.05) is 18.2 Å². The fraction of sp³-hybridized carbons (Fsp3) is 0.348. The number of hydrogen-bond donors (Lipinski definition) is 2. The Morgan fingerprint density at radius 3 is 2.66 bits per heavy atom. The lowest BCUT2D eigenvalue weighted by Crippen LogP contribution is -2.48. The Kier molecular flexibility index (Phi) is 5.34. The molecule has 2 aromatic carbocycles. The predicted octanol–water partition coefficient (Wildman–Crippen LogP) is 3.51. The van der Waals surface area contributed by atoms with E-state index in [2.05, 4.69) is 11.4 Å². The molecule has 1 aliphatic carbocycles. The number of carbonyl (C=O) groups is 3. The molecule has 1 fully saturated rings. The summed E-state index contributed by atoms with van der Waals surface area (Å²) < 4.78 is 0. The van der Waals surface area contributed by atoms with Crippen LogP contribution < -0.4 is 5.32 Å². The van der Waals surface area contributed by atoms with Crippen molar-refractivity contribution in [1.82, 2.24) is 4.90 Å². The van der Waals surface area contributed by atoms with Crippen molar-refractivity contribution in [2.75, 3.05) is 11.9 Å². The quantitative estimate of drug-likeness (QED) is 0.834. The third-order valence-electron chi connectivity index (χ3n) is 5.81. The van der Waals surface area contributed by atoms with Crippen LogP contribution in [0.5, 0.6) is 0 Å². The van der Waals surface area contributed by atoms with Gasteiger partial charge >= 0.3 is 5.97 Å². The lowest BCUT2D eigenvalue weighted by Gasteiger charge is -2.33. The monoisotopic (exact) mass is 392 g/mol. The zero-order valence-electron chi connectivity index (χ0n) is 16.2. The van der Waals surface area contributed by atoms with Crippen LogP contribution in [-0.2, 0) is 17.6 Å². The first kappa shape index (κ1) is 19.2. The molecular formula is C23H24N2O4. The second-order valence-electron chi connectivity index (χ2n) is 7.68. The second kappa shape index (κ2) is 8.07. The average molecular weight is 392 g/mol. The largest absolute Gasteiger partial charge is 0.480 e. The van der Waals surface area contributed by atoms with Gasteiger partial charge in [-0.15, -0.1) is 0 Å². The van der Waals surface area contributed by atoms with Crippen LogP contribution in [-0.4, -0.2) is 40.4 Å². The lowest BCUT2D eigenvalue weighted by molar-refractivity contribution is -0.143. The van der Waals surface area contributed by atoms with Gasteiger partial charge < -0.3 is 15.3 Å². The van der Waals surface area contributed by atoms with Gasteiger partial charge in [0, 0.05) is 23.4 Å². The van der Waals surface area contributed by atoms with Crippen molar-refractivity contribution in [2.24, 2.45) is 0 Å². The van der Waals surface area contributed by atoms with Crippen molar-refractivity contribution in [3.8, 4) is 0 Å². The van der Waals surface area contributed by atoms with E-state index >= 15 is 0 Å². The highest BCUT2D eigenvalue weighted by Crippen LogP contribution is 2.26. The molecule has 0 aromatic heterocycles. The van der Waals surface area contributed by atoms with E-state index in [9.17, 15) is 19.5 Å². The Morgan fingerprint density at radius 1 is 1.00 bits per heavy atom. The van der Waals surface area contributed by atoms with Crippen molar-refractivity contribution < 1.29 is 19.5 Å². The van der Waals surface area contributed by atoms with Gasteiger partial charge in [0.05, 0.1) is 0 Å². The maximum atomic E-state index is 12.9. The molecule has 2 aliphatic rings. The van der Waals surface area contributed by atoms with Crippen LogP contribution in [0.25, 0.3) is 0 Å². The number of likely N-dealkylation sites (tertiary alicyclic amines) is 1. The van der Waals surface area contributed by atoms with Crippen molar-refractivity contribution in [2.45, 2.75) is 44.6 Å². The van der Waals surface area contributed by atoms with Crippen molar-refractivity contribution in [3.63, 3.8) is 0 Å². The summed E-state index contributed by atoms with van der Waals surface area (Å²) in [5, 5.41) is 12.3. The molecule has 0 radical (unpaired) electrons. The molecule has 0 bridgehead atoms. The molecule has 2 aromatic rings. The number of nitrogens with zero attached hydrogens (tertiary/aromatic N) is 1. The summed E-state index contributed by atoms with van der Waals surface area (Å²) in [6.45, 7) is 0.433. The van der Waals surface area contributed by atoms with E-state index in [-0.39, 0.29) is 11.8 Å². The number of carboxylic acids is 1. The Morgan fingerprint density at radius 2 is 1.83 bits per heavy atom. The minimum absolute atomic E-state index is 0.185. The van der Waals surface area contributed by atoms with Gasteiger partial charge in [-0.05, 0) is 73.9 Å². The molecule has 1 aliphatic heterocycles. The van der Waals surface area contributed by atoms with Crippen LogP contribution in [0.4, 0.5) is 5.69 Å². The van der Waals surface area contributed by atoms with Crippen LogP contribution in [0.3, 0.4) is 0 Å². The Labute approximate surface area is 169 Å². The number of hydrogen-bond acceptors (Lipinski definition) is 3. The molecule has 1 heterocycles. The molecule has 2 N–H and O–H groups in total. The summed E-state index contributed by atoms with van der Waals surface area (Å²) in [4.78, 5) is 38.7. The zero-order chi connectivity index (χ0) is 20.4. The SMILES string of the molecule is O=C(Nc1cccc(C(=O)N2CCCCC2C(=O)O)c1)c1cccc2c1CCC2. The van der Waals surface area contributed by atoms with E-state index in [1.54, 1.807) is 24.3 Å². The number of aliphatic carboxylic acids is 1. The van der Waals surface area contributed by atoms with Crippen molar-refractivity contribution in [3.05, 3.63) is 64.7 Å². The predicted molar refractivity (Wildman–Crippen MR) is 109 cm³/mol. The van der Waals surface area contributed by atoms with E-state index in [1.807, 2.05) is 12.1 Å². The molecule has 4 rings (SSSR count). The van der Waals surface area contributed by atoms with Crippen molar-refractivity contribution >= 4 is 23.5 Å². The van der Waals surface area contributed by atoms with Crippen LogP contribution in [0.2, 0.25) is 0 Å². The minimum atomic E-state index is -0.972. The zero-order valence-corrected chi connectivity index (χ0v) is 16.2. The molecule has 0 spiro atoms. The van der Waals surface area contributed by atoms with Gasteiger partial charge in [0.1, 0.15) is 6.04 Å². The van der Waals surface area contributed by atoms with Gasteiger partial charge in [-0.25, -0.2) is 4.79 Å². The summed E-state index contributed by atoms with van der Waals surface area (Å²) in [6.07, 6.45) is 5.04. The average Bonchev–Trinajstić information content (AvgIpc) is 3.22. The number of rotatable bonds is 4. The van der Waals surface area contributed by atoms with Gasteiger partial charge in [0.2, 0.25) is 0 Å². The summed E-state index contributed by atoms with van der Waals surface area (Å²) >= 11 is 0. The number of anilines is 1. The minimum Gasteiger partial charge on any atom is -0.480 e. The van der Waals surface area contributed by atoms with Crippen LogP contribution >= 0.6 is 0 Å². The third-order valence-corrected chi connectivity index (χ3v) is 5.81. The topological polar surface area (TPSA) is 86.7 Å². The molecule has 1 atom stereocenters. The molecule has 6 heteroatoms. The van der Waals surface area contributed by atoms with Gasteiger partial charge in [-0.2, -0.15) is 0 Å². The van der Waals surface area contributed by atoms with Crippen LogP contribution in [0.15, 0.2) is 42.5 Å². The Hall–Kier alpha value is -3.15. The number of carbonyl (C=O) groups excluding carboxylic acids is 2. The van der Waals surface area contributed by atoms with Gasteiger partial charge in [0.15, 0.2) is 0 Å². The summed E-state index contributed by atoms with van der Waals surface area (Å²) in [5.74, 6) is -1.47. The normalized spacial score (nSPS) is 18.2. The fourth-order valence-electron chi connectivity index (χ4n) is 4.36. The lowest BCUT2D eigenvalue weighted by atomic mass is 10.0. The Bertz CT molecular complexity index is 969. The number of piperidine rings is 1. The maximum absolute atomic E-state index is 12.9. The second-order valence-corrected chi connectivity index (χ2v) is 7.68. The maximum Gasteiger partial charge on any atom is 0.326 e. The highest BCUT2D eigenvalue weighted by molar-refractivity contribution is 6.06. The van der Waals surface area contributed by atoms with Crippen molar-refractivity contribution in [1.29, 1.82) is 0 Å². The van der Waals surface area contributed by atoms with Crippen LogP contribution in [0, 0.1) is 0 Å². The van der Waals surface area contributed by atoms with Gasteiger partial charge in [-0.3, -0.25) is 9.59 Å². The molecule has 6 nitrogen and oxygen atoms in total. The molecule has 1 unspecified atom stereocenters. The molecule has 2 amide bonds. The highest BCUT2D eigenvalue weighted by atomic mass is 16.4. The smallest absolute Gasteiger partial charge is 0.326 e. The number of amides is 2. The van der Waals surface area contributed by atoms with E-state index in [1.165, 1.54) is 10.5 Å². The van der Waals surface area contributed by atoms with E-state index in [4.69, 9.17) is 0 Å². The first-order chi connectivity index (χ1) is 14.0. The molecule has 150 valence electrons. The molecular weight excluding hydrogens is 368 g/mol. The number of aryl methyl sites for hydroxylation is 1. The number of nitrogens with one attached hydrogen (secondary N) is 1. The first-order valence-electron chi connectivity index (χ1n) is 10.1. The van der Waals surface area contributed by atoms with E-state index < -0.39 is 12.0 Å². The van der Waals surface area contributed by atoms with E-state index in [0.717, 1.165) is 37.7 Å². The number of carboxylic acid groups (broad SMARTS) is 1. The number of fused-ring (bicyclic) bond motifs is 1. The number of benzene rings is 2. The van der Waals surface area contributed by atoms with E-state index in [0.29, 0.717) is 29.8 Å². The third kappa shape index (κ3) is 3.88. The standard InChI is InChI=1S/C23H24N2O4/c26-21(19-11-5-7-15-6-4-10-18(15)19)24-17-9-3-8-16(14-17)22(27)25-13-2-1-12-20(25)23(28)29/h3,5,7-9,11,14,20H,1-2,4,6,10,12-13H2,(H,24,26)(H,28,29). The fourth-order valence-corrected chi connectivity index (χ4v) is 4.36. The van der Waals surface area contributed by atoms with Crippen LogP contribution in [0.1, 0.15) is 57.5 Å². The Balaban J connectivity index is 1.53. The first-order valence-corrected chi connectivity index (χ1v) is 10.1. The molecule has 29 heavy (non-hydrogen) atoms. The van der Waals surface area contributed by atoms with Gasteiger partial charge in [0.25, 0.3) is 11.8 Å². The molecule has 1 saturated heterocycles. The summed E-state index contributed by atoms with van der Waals surface area (Å²) in [7, 11) is 0. The summed E-state index contributed by atoms with van der Waals surface area (Å²) in [6, 6.07) is 11.7. The summed E-state index contributed by atoms with van der Waals surface area (Å²) in [5.41, 5.74) is 3.93.